The smallest absolute Gasteiger partial charge is 0.385 e. The summed E-state index contributed by atoms with van der Waals surface area (Å²) in [5.74, 6) is 0. The average molecular weight is 377 g/mol. The van der Waals surface area contributed by atoms with Crippen LogP contribution in [-0.2, 0) is 23.1 Å². The Bertz CT molecular complexity index is 780. The Balaban J connectivity index is 1.63. The van der Waals surface area contributed by atoms with Gasteiger partial charge in [0, 0.05) is 18.6 Å². The van der Waals surface area contributed by atoms with E-state index in [1.54, 1.807) is 6.07 Å². The molecule has 4 rings (SSSR count). The zero-order valence-electron chi connectivity index (χ0n) is 14.8. The number of ether oxygens (including phenoxy) is 1. The molecular formula is C21H22F3NO2. The highest BCUT2D eigenvalue weighted by molar-refractivity contribution is 5.36. The summed E-state index contributed by atoms with van der Waals surface area (Å²) >= 11 is 0. The number of fused-ring (bicyclic) bond motifs is 2. The third-order valence-corrected chi connectivity index (χ3v) is 5.65. The number of nitrogens with zero attached hydrogens (tertiary/aromatic N) is 1. The molecule has 1 N–H and O–H groups in total. The largest absolute Gasteiger partial charge is 0.416 e. The zero-order valence-corrected chi connectivity index (χ0v) is 14.8. The molecule has 2 unspecified atom stereocenters. The van der Waals surface area contributed by atoms with Crippen LogP contribution in [0.3, 0.4) is 0 Å². The molecule has 0 spiro atoms. The van der Waals surface area contributed by atoms with Crippen molar-refractivity contribution in [3.05, 3.63) is 71.3 Å². The summed E-state index contributed by atoms with van der Waals surface area (Å²) in [5.41, 5.74) is -1.12. The summed E-state index contributed by atoms with van der Waals surface area (Å²) < 4.78 is 46.1. The molecule has 2 aromatic rings. The first kappa shape index (κ1) is 18.5. The third-order valence-electron chi connectivity index (χ3n) is 5.65. The summed E-state index contributed by atoms with van der Waals surface area (Å²) in [6.07, 6.45) is -4.04. The van der Waals surface area contributed by atoms with E-state index >= 15 is 0 Å². The van der Waals surface area contributed by atoms with Crippen molar-refractivity contribution >= 4 is 0 Å². The molecule has 0 aromatic heterocycles. The van der Waals surface area contributed by atoms with Crippen molar-refractivity contribution in [2.45, 2.75) is 43.2 Å². The number of hydrogen-bond acceptors (Lipinski definition) is 3. The lowest BCUT2D eigenvalue weighted by molar-refractivity contribution is -0.160. The van der Waals surface area contributed by atoms with E-state index in [9.17, 15) is 18.3 Å². The number of benzene rings is 2. The Morgan fingerprint density at radius 3 is 2.19 bits per heavy atom. The minimum absolute atomic E-state index is 0.0197. The predicted molar refractivity (Wildman–Crippen MR) is 95.0 cm³/mol. The first-order valence-corrected chi connectivity index (χ1v) is 9.13. The van der Waals surface area contributed by atoms with E-state index in [0.29, 0.717) is 19.8 Å². The van der Waals surface area contributed by atoms with Crippen LogP contribution in [0.15, 0.2) is 54.6 Å². The van der Waals surface area contributed by atoms with E-state index in [0.717, 1.165) is 11.6 Å². The molecule has 0 amide bonds. The molecule has 27 heavy (non-hydrogen) atoms. The maximum absolute atomic E-state index is 13.5. The van der Waals surface area contributed by atoms with Crippen LogP contribution in [0, 0.1) is 0 Å². The second kappa shape index (κ2) is 6.93. The molecule has 2 fully saturated rings. The van der Waals surface area contributed by atoms with Crippen molar-refractivity contribution in [3.8, 4) is 0 Å². The topological polar surface area (TPSA) is 32.7 Å². The molecule has 2 atom stereocenters. The van der Waals surface area contributed by atoms with E-state index in [1.807, 2.05) is 30.3 Å². The number of aliphatic hydroxyl groups is 1. The molecule has 0 aliphatic carbocycles. The Labute approximate surface area is 156 Å². The molecule has 2 saturated heterocycles. The summed E-state index contributed by atoms with van der Waals surface area (Å²) in [6.45, 7) is 1.54. The van der Waals surface area contributed by atoms with E-state index in [4.69, 9.17) is 4.74 Å². The second-order valence-electron chi connectivity index (χ2n) is 7.49. The Hall–Kier alpha value is -1.89. The van der Waals surface area contributed by atoms with Gasteiger partial charge in [0.25, 0.3) is 0 Å². The molecule has 2 aliphatic rings. The van der Waals surface area contributed by atoms with Gasteiger partial charge in [0.05, 0.1) is 24.4 Å². The number of piperidine rings is 1. The SMILES string of the molecule is OC1(c2ccccc2C(F)(F)F)CC2COCC(C1)N2Cc1ccccc1. The summed E-state index contributed by atoms with van der Waals surface area (Å²) in [4.78, 5) is 2.27. The molecule has 144 valence electrons. The van der Waals surface area contributed by atoms with Gasteiger partial charge in [-0.2, -0.15) is 13.2 Å². The van der Waals surface area contributed by atoms with E-state index in [1.165, 1.54) is 12.1 Å². The lowest BCUT2D eigenvalue weighted by Crippen LogP contribution is -2.60. The minimum atomic E-state index is -4.49. The van der Waals surface area contributed by atoms with Crippen molar-refractivity contribution in [2.24, 2.45) is 0 Å². The maximum Gasteiger partial charge on any atom is 0.416 e. The molecule has 0 radical (unpaired) electrons. The zero-order chi connectivity index (χ0) is 19.1. The Morgan fingerprint density at radius 1 is 0.963 bits per heavy atom. The van der Waals surface area contributed by atoms with Gasteiger partial charge in [-0.25, -0.2) is 0 Å². The summed E-state index contributed by atoms with van der Waals surface area (Å²) in [5, 5.41) is 11.3. The average Bonchev–Trinajstić information content (AvgIpc) is 2.63. The Kier molecular flexibility index (Phi) is 4.74. The number of halogens is 3. The molecule has 2 heterocycles. The monoisotopic (exact) mass is 377 g/mol. The summed E-state index contributed by atoms with van der Waals surface area (Å²) in [7, 11) is 0. The van der Waals surface area contributed by atoms with E-state index < -0.39 is 17.3 Å². The highest BCUT2D eigenvalue weighted by atomic mass is 19.4. The molecule has 2 bridgehead atoms. The van der Waals surface area contributed by atoms with Crippen molar-refractivity contribution in [1.82, 2.24) is 4.90 Å². The predicted octanol–water partition coefficient (Wildman–Crippen LogP) is 3.96. The van der Waals surface area contributed by atoms with Gasteiger partial charge in [-0.3, -0.25) is 4.90 Å². The first-order chi connectivity index (χ1) is 12.9. The highest BCUT2D eigenvalue weighted by Crippen LogP contribution is 2.45. The molecule has 0 saturated carbocycles. The lowest BCUT2D eigenvalue weighted by Gasteiger charge is -2.52. The fourth-order valence-electron chi connectivity index (χ4n) is 4.45. The molecular weight excluding hydrogens is 355 g/mol. The summed E-state index contributed by atoms with van der Waals surface area (Å²) in [6, 6.07) is 15.1. The van der Waals surface area contributed by atoms with Gasteiger partial charge in [-0.05, 0) is 30.0 Å². The maximum atomic E-state index is 13.5. The van der Waals surface area contributed by atoms with Gasteiger partial charge in [0.2, 0.25) is 0 Å². The van der Waals surface area contributed by atoms with Crippen LogP contribution in [0.25, 0.3) is 0 Å². The number of alkyl halides is 3. The van der Waals surface area contributed by atoms with Crippen LogP contribution >= 0.6 is 0 Å². The lowest BCUT2D eigenvalue weighted by atomic mass is 9.75. The van der Waals surface area contributed by atoms with Gasteiger partial charge in [-0.15, -0.1) is 0 Å². The number of rotatable bonds is 3. The van der Waals surface area contributed by atoms with Gasteiger partial charge in [-0.1, -0.05) is 48.5 Å². The Morgan fingerprint density at radius 2 is 1.56 bits per heavy atom. The fourth-order valence-corrected chi connectivity index (χ4v) is 4.45. The highest BCUT2D eigenvalue weighted by Gasteiger charge is 2.49. The fraction of sp³-hybridized carbons (Fsp3) is 0.429. The first-order valence-electron chi connectivity index (χ1n) is 9.13. The quantitative estimate of drug-likeness (QED) is 0.879. The third kappa shape index (κ3) is 3.61. The number of morpholine rings is 1. The van der Waals surface area contributed by atoms with Gasteiger partial charge in [0.1, 0.15) is 0 Å². The molecule has 3 nitrogen and oxygen atoms in total. The second-order valence-corrected chi connectivity index (χ2v) is 7.49. The van der Waals surface area contributed by atoms with Crippen LogP contribution in [0.4, 0.5) is 13.2 Å². The van der Waals surface area contributed by atoms with E-state index in [2.05, 4.69) is 4.90 Å². The normalized spacial score (nSPS) is 28.9. The molecule has 6 heteroatoms. The van der Waals surface area contributed by atoms with Crippen molar-refractivity contribution < 1.29 is 23.0 Å². The standard InChI is InChI=1S/C21H22F3NO2/c22-21(23,24)19-9-5-4-8-18(19)20(26)10-16-13-27-14-17(11-20)25(16)12-15-6-2-1-3-7-15/h1-9,16-17,26H,10-14H2. The van der Waals surface area contributed by atoms with Crippen LogP contribution in [0.5, 0.6) is 0 Å². The van der Waals surface area contributed by atoms with Crippen LogP contribution in [-0.4, -0.2) is 35.3 Å². The molecule has 2 aromatic carbocycles. The van der Waals surface area contributed by atoms with Gasteiger partial charge in [0.15, 0.2) is 0 Å². The van der Waals surface area contributed by atoms with Crippen LogP contribution in [0.2, 0.25) is 0 Å². The minimum Gasteiger partial charge on any atom is -0.385 e. The van der Waals surface area contributed by atoms with Crippen molar-refractivity contribution in [2.75, 3.05) is 13.2 Å². The van der Waals surface area contributed by atoms with Crippen molar-refractivity contribution in [1.29, 1.82) is 0 Å². The van der Waals surface area contributed by atoms with Gasteiger partial charge < -0.3 is 9.84 Å². The van der Waals surface area contributed by atoms with Crippen LogP contribution < -0.4 is 0 Å². The number of hydrogen-bond donors (Lipinski definition) is 1. The van der Waals surface area contributed by atoms with Crippen LogP contribution in [0.1, 0.15) is 29.5 Å². The van der Waals surface area contributed by atoms with Gasteiger partial charge >= 0.3 is 6.18 Å². The molecule has 2 aliphatic heterocycles. The van der Waals surface area contributed by atoms with E-state index in [-0.39, 0.29) is 30.5 Å². The van der Waals surface area contributed by atoms with Crippen molar-refractivity contribution in [3.63, 3.8) is 0 Å².